The largest absolute Gasteiger partial charge is 0.412 e. The molecule has 9 N–H and O–H groups in total. The van der Waals surface area contributed by atoms with Gasteiger partial charge in [-0.05, 0) is 69.2 Å². The maximum absolute atomic E-state index is 11.7. The number of rotatable bonds is 6. The van der Waals surface area contributed by atoms with Crippen LogP contribution in [0, 0.1) is 5.41 Å². The second-order valence-electron chi connectivity index (χ2n) is 12.9. The first-order valence-electron chi connectivity index (χ1n) is 12.1. The Morgan fingerprint density at radius 3 is 1.33 bits per heavy atom. The van der Waals surface area contributed by atoms with E-state index in [1.807, 2.05) is 0 Å². The molecule has 2 aliphatic rings. The van der Waals surface area contributed by atoms with Crippen LogP contribution in [-0.4, -0.2) is 118 Å². The minimum absolute atomic E-state index is 0. The molecule has 11 heteroatoms. The molecule has 0 aliphatic carbocycles. The summed E-state index contributed by atoms with van der Waals surface area (Å²) in [5, 5.41) is 77.2. The van der Waals surface area contributed by atoms with Gasteiger partial charge in [-0.1, -0.05) is 6.92 Å². The van der Waals surface area contributed by atoms with Gasteiger partial charge in [0.1, 0.15) is 39.2 Å². The summed E-state index contributed by atoms with van der Waals surface area (Å²) < 4.78 is 18.3. The van der Waals surface area contributed by atoms with Crippen molar-refractivity contribution in [3.63, 3.8) is 0 Å². The Morgan fingerprint density at radius 1 is 0.500 bits per heavy atom. The molecule has 0 aromatic heterocycles. The van der Waals surface area contributed by atoms with Crippen LogP contribution in [0.4, 0.5) is 0 Å². The molecule has 0 radical (unpaired) electrons. The molecular weight excluding hydrogens is 476 g/mol. The Bertz CT molecular complexity index is 821. The van der Waals surface area contributed by atoms with Gasteiger partial charge in [-0.25, -0.2) is 0 Å². The number of hydrogen-bond donors (Lipinski definition) is 7. The first kappa shape index (κ1) is 33.6. The van der Waals surface area contributed by atoms with E-state index < -0.39 is 69.0 Å². The molecule has 216 valence electrons. The van der Waals surface area contributed by atoms with E-state index in [4.69, 9.17) is 14.2 Å². The summed E-state index contributed by atoms with van der Waals surface area (Å²) in [5.74, 6) is 0. The van der Waals surface area contributed by atoms with Crippen LogP contribution < -0.4 is 0 Å². The Hall–Kier alpha value is -0.440. The summed E-state index contributed by atoms with van der Waals surface area (Å²) >= 11 is 0. The third-order valence-corrected chi connectivity index (χ3v) is 10.6. The van der Waals surface area contributed by atoms with E-state index >= 15 is 0 Å². The highest BCUT2D eigenvalue weighted by Crippen LogP contribution is 2.58. The standard InChI is InChI=1S/C25H48O10.H2O/c1-16(2)21(7,28)22(8,29)17(3,18(4,12-26)34-16)14-33-15-20(6)24(10,31)25(11,32)23(9,30)19(5,13-27)35-20;/h26-32H,12-15H2,1-11H3;1H2/t17-,18?,19?,20-,21?,22-,23-,24?,25-;/m1./s1. The number of aliphatic hydroxyl groups excluding tert-OH is 2. The first-order valence-corrected chi connectivity index (χ1v) is 12.1. The van der Waals surface area contributed by atoms with Crippen LogP contribution in [0.3, 0.4) is 0 Å². The maximum Gasteiger partial charge on any atom is 0.124 e. The summed E-state index contributed by atoms with van der Waals surface area (Å²) in [6.07, 6.45) is 0. The lowest BCUT2D eigenvalue weighted by atomic mass is 9.53. The average Bonchev–Trinajstić information content (AvgIpc) is 2.70. The zero-order valence-electron chi connectivity index (χ0n) is 23.7. The molecule has 4 unspecified atom stereocenters. The normalized spacial score (nSPS) is 55.2. The Morgan fingerprint density at radius 2 is 0.917 bits per heavy atom. The van der Waals surface area contributed by atoms with Crippen molar-refractivity contribution in [2.45, 2.75) is 127 Å². The summed E-state index contributed by atoms with van der Waals surface area (Å²) in [6, 6.07) is 0. The molecule has 2 saturated heterocycles. The monoisotopic (exact) mass is 526 g/mol. The average molecular weight is 527 g/mol. The summed E-state index contributed by atoms with van der Waals surface area (Å²) in [6.45, 7) is 14.5. The second kappa shape index (κ2) is 8.79. The van der Waals surface area contributed by atoms with Crippen LogP contribution in [0.5, 0.6) is 0 Å². The van der Waals surface area contributed by atoms with E-state index in [1.54, 1.807) is 27.7 Å². The molecule has 2 rings (SSSR count). The molecule has 11 nitrogen and oxygen atoms in total. The fraction of sp³-hybridized carbons (Fsp3) is 1.00. The van der Waals surface area contributed by atoms with Gasteiger partial charge < -0.3 is 55.4 Å². The lowest BCUT2D eigenvalue weighted by Crippen LogP contribution is -2.85. The molecule has 2 fully saturated rings. The third kappa shape index (κ3) is 3.74. The molecule has 0 aromatic carbocycles. The van der Waals surface area contributed by atoms with E-state index in [0.717, 1.165) is 0 Å². The van der Waals surface area contributed by atoms with Crippen LogP contribution in [0.15, 0.2) is 0 Å². The van der Waals surface area contributed by atoms with Gasteiger partial charge in [0.05, 0.1) is 43.0 Å². The summed E-state index contributed by atoms with van der Waals surface area (Å²) in [4.78, 5) is 0. The molecule has 9 atom stereocenters. The Labute approximate surface area is 214 Å². The smallest absolute Gasteiger partial charge is 0.124 e. The van der Waals surface area contributed by atoms with Crippen molar-refractivity contribution in [3.05, 3.63) is 0 Å². The van der Waals surface area contributed by atoms with Crippen molar-refractivity contribution in [2.75, 3.05) is 26.4 Å². The van der Waals surface area contributed by atoms with Crippen molar-refractivity contribution in [2.24, 2.45) is 5.41 Å². The SMILES string of the molecule is CC1(C)OC(C)(CO)[C@@](C)(COC[C@@]2(C)OC(C)(CO)[C@@](C)(O)[C@@](C)(O)C2(C)O)[C@@](C)(O)C1(C)O.O. The predicted octanol–water partition coefficient (Wildman–Crippen LogP) is -0.961. The molecule has 0 amide bonds. The number of ether oxygens (including phenoxy) is 3. The lowest BCUT2D eigenvalue weighted by Gasteiger charge is -2.67. The molecule has 2 aliphatic heterocycles. The van der Waals surface area contributed by atoms with E-state index in [2.05, 4.69) is 0 Å². The van der Waals surface area contributed by atoms with Crippen LogP contribution in [-0.2, 0) is 14.2 Å². The third-order valence-electron chi connectivity index (χ3n) is 10.6. The van der Waals surface area contributed by atoms with E-state index in [1.165, 1.54) is 48.5 Å². The minimum atomic E-state index is -2.13. The molecule has 0 bridgehead atoms. The second-order valence-corrected chi connectivity index (χ2v) is 12.9. The van der Waals surface area contributed by atoms with Crippen molar-refractivity contribution in [1.29, 1.82) is 0 Å². The molecule has 2 heterocycles. The zero-order valence-corrected chi connectivity index (χ0v) is 23.7. The molecule has 0 aromatic rings. The fourth-order valence-electron chi connectivity index (χ4n) is 5.92. The van der Waals surface area contributed by atoms with Crippen LogP contribution >= 0.6 is 0 Å². The van der Waals surface area contributed by atoms with Crippen LogP contribution in [0.2, 0.25) is 0 Å². The van der Waals surface area contributed by atoms with Gasteiger partial charge in [0.25, 0.3) is 0 Å². The van der Waals surface area contributed by atoms with Gasteiger partial charge in [0.15, 0.2) is 0 Å². The zero-order chi connectivity index (χ0) is 27.9. The quantitative estimate of drug-likeness (QED) is 0.226. The summed E-state index contributed by atoms with van der Waals surface area (Å²) in [5.41, 5.74) is -17.0. The maximum atomic E-state index is 11.7. The van der Waals surface area contributed by atoms with E-state index in [-0.39, 0.29) is 18.7 Å². The van der Waals surface area contributed by atoms with Crippen molar-refractivity contribution in [3.8, 4) is 0 Å². The highest BCUT2D eigenvalue weighted by molar-refractivity contribution is 5.24. The lowest BCUT2D eigenvalue weighted by molar-refractivity contribution is -0.413. The highest BCUT2D eigenvalue weighted by atomic mass is 16.6. The van der Waals surface area contributed by atoms with Gasteiger partial charge in [-0.3, -0.25) is 0 Å². The van der Waals surface area contributed by atoms with Gasteiger partial charge in [-0.2, -0.15) is 0 Å². The van der Waals surface area contributed by atoms with Gasteiger partial charge >= 0.3 is 0 Å². The van der Waals surface area contributed by atoms with Crippen molar-refractivity contribution >= 4 is 0 Å². The molecule has 36 heavy (non-hydrogen) atoms. The van der Waals surface area contributed by atoms with E-state index in [0.29, 0.717) is 0 Å². The predicted molar refractivity (Wildman–Crippen MR) is 131 cm³/mol. The Kier molecular flexibility index (Phi) is 8.20. The number of aliphatic hydroxyl groups is 7. The summed E-state index contributed by atoms with van der Waals surface area (Å²) in [7, 11) is 0. The topological polar surface area (TPSA) is 201 Å². The van der Waals surface area contributed by atoms with Crippen molar-refractivity contribution in [1.82, 2.24) is 0 Å². The number of hydrogen-bond acceptors (Lipinski definition) is 10. The first-order chi connectivity index (χ1) is 15.2. The van der Waals surface area contributed by atoms with Gasteiger partial charge in [-0.15, -0.1) is 0 Å². The fourth-order valence-corrected chi connectivity index (χ4v) is 5.92. The molecule has 0 spiro atoms. The van der Waals surface area contributed by atoms with Gasteiger partial charge in [0, 0.05) is 0 Å². The minimum Gasteiger partial charge on any atom is -0.412 e. The van der Waals surface area contributed by atoms with Crippen LogP contribution in [0.25, 0.3) is 0 Å². The van der Waals surface area contributed by atoms with E-state index in [9.17, 15) is 35.7 Å². The van der Waals surface area contributed by atoms with Crippen molar-refractivity contribution < 1.29 is 55.4 Å². The highest BCUT2D eigenvalue weighted by Gasteiger charge is 2.75. The molecule has 0 saturated carbocycles. The Balaban J connectivity index is 0.00000648. The molecular formula is C25H50O11. The van der Waals surface area contributed by atoms with Gasteiger partial charge in [0.2, 0.25) is 0 Å². The van der Waals surface area contributed by atoms with Crippen LogP contribution in [0.1, 0.15) is 76.2 Å².